The highest BCUT2D eigenvalue weighted by molar-refractivity contribution is 5.92. The van der Waals surface area contributed by atoms with Crippen molar-refractivity contribution in [1.29, 1.82) is 0 Å². The molecular formula is C20H28O3. The van der Waals surface area contributed by atoms with Gasteiger partial charge in [0.15, 0.2) is 0 Å². The minimum Gasteiger partial charge on any atom is -0.393 e. The Bertz CT molecular complexity index is 612. The van der Waals surface area contributed by atoms with Crippen molar-refractivity contribution in [2.24, 2.45) is 40.4 Å². The Kier molecular flexibility index (Phi) is 2.62. The van der Waals surface area contributed by atoms with Crippen LogP contribution in [0.25, 0.3) is 0 Å². The number of allylic oxidation sites excluding steroid dienone is 1. The molecule has 0 spiro atoms. The van der Waals surface area contributed by atoms with Crippen molar-refractivity contribution in [3.63, 3.8) is 0 Å². The predicted octanol–water partition coefficient (Wildman–Crippen LogP) is 2.71. The summed E-state index contributed by atoms with van der Waals surface area (Å²) in [7, 11) is 0. The Balaban J connectivity index is 1.58. The summed E-state index contributed by atoms with van der Waals surface area (Å²) in [5, 5.41) is 21.3. The summed E-state index contributed by atoms with van der Waals surface area (Å²) < 4.78 is 0. The van der Waals surface area contributed by atoms with Gasteiger partial charge in [0, 0.05) is 23.2 Å². The average molecular weight is 316 g/mol. The Morgan fingerprint density at radius 2 is 2.00 bits per heavy atom. The smallest absolute Gasteiger partial charge is 0.142 e. The second-order valence-corrected chi connectivity index (χ2v) is 9.63. The second-order valence-electron chi connectivity index (χ2n) is 9.63. The Morgan fingerprint density at radius 1 is 1.22 bits per heavy atom. The van der Waals surface area contributed by atoms with E-state index in [-0.39, 0.29) is 16.9 Å². The summed E-state index contributed by atoms with van der Waals surface area (Å²) in [6.07, 6.45) is 9.15. The monoisotopic (exact) mass is 316 g/mol. The van der Waals surface area contributed by atoms with Crippen LogP contribution in [0.4, 0.5) is 0 Å². The van der Waals surface area contributed by atoms with E-state index in [0.29, 0.717) is 41.8 Å². The number of rotatable bonds is 0. The van der Waals surface area contributed by atoms with E-state index in [1.165, 1.54) is 0 Å². The van der Waals surface area contributed by atoms with Crippen LogP contribution in [-0.2, 0) is 4.79 Å². The molecule has 0 heterocycles. The molecule has 126 valence electrons. The SMILES string of the molecule is C[C@]12CC[C@H]3[C@@H](C=C[C@]4(O)C[C@H](O)CC[C@]34C)[C@@H]1[C@@H]1C[C@@H]1C2=O. The normalized spacial score (nSPS) is 63.0. The zero-order valence-electron chi connectivity index (χ0n) is 14.2. The molecule has 5 aliphatic rings. The van der Waals surface area contributed by atoms with Gasteiger partial charge in [0.05, 0.1) is 11.7 Å². The number of Topliss-reactive ketones (excluding diaryl/α,β-unsaturated/α-hetero) is 1. The minimum absolute atomic E-state index is 0.112. The topological polar surface area (TPSA) is 57.5 Å². The molecule has 23 heavy (non-hydrogen) atoms. The molecule has 5 aliphatic carbocycles. The van der Waals surface area contributed by atoms with Crippen LogP contribution < -0.4 is 0 Å². The summed E-state index contributed by atoms with van der Waals surface area (Å²) >= 11 is 0. The fraction of sp³-hybridized carbons (Fsp3) is 0.850. The lowest BCUT2D eigenvalue weighted by atomic mass is 9.45. The van der Waals surface area contributed by atoms with Crippen LogP contribution in [0.1, 0.15) is 52.4 Å². The van der Waals surface area contributed by atoms with Crippen molar-refractivity contribution in [2.45, 2.75) is 64.1 Å². The number of ketones is 1. The predicted molar refractivity (Wildman–Crippen MR) is 86.5 cm³/mol. The van der Waals surface area contributed by atoms with Gasteiger partial charge in [0.2, 0.25) is 0 Å². The van der Waals surface area contributed by atoms with Gasteiger partial charge in [-0.1, -0.05) is 26.0 Å². The van der Waals surface area contributed by atoms with Crippen molar-refractivity contribution in [1.82, 2.24) is 0 Å². The number of carbonyl (C=O) groups excluding carboxylic acids is 1. The molecule has 0 saturated heterocycles. The maximum atomic E-state index is 12.7. The van der Waals surface area contributed by atoms with Crippen molar-refractivity contribution in [3.8, 4) is 0 Å². The molecule has 9 atom stereocenters. The minimum atomic E-state index is -0.870. The summed E-state index contributed by atoms with van der Waals surface area (Å²) in [6.45, 7) is 4.45. The van der Waals surface area contributed by atoms with Gasteiger partial charge in [-0.2, -0.15) is 0 Å². The number of hydrogen-bond donors (Lipinski definition) is 2. The summed E-state index contributed by atoms with van der Waals surface area (Å²) in [4.78, 5) is 12.7. The Hall–Kier alpha value is -0.670. The lowest BCUT2D eigenvalue weighted by Gasteiger charge is -2.61. The van der Waals surface area contributed by atoms with Gasteiger partial charge in [-0.05, 0) is 55.8 Å². The number of aliphatic hydroxyl groups is 2. The van der Waals surface area contributed by atoms with Gasteiger partial charge in [0.25, 0.3) is 0 Å². The van der Waals surface area contributed by atoms with E-state index in [1.54, 1.807) is 0 Å². The first-order chi connectivity index (χ1) is 10.8. The number of fused-ring (bicyclic) bond motifs is 7. The van der Waals surface area contributed by atoms with E-state index in [9.17, 15) is 15.0 Å². The molecule has 0 aliphatic heterocycles. The average Bonchev–Trinajstić information content (AvgIpc) is 3.23. The van der Waals surface area contributed by atoms with Crippen molar-refractivity contribution in [3.05, 3.63) is 12.2 Å². The molecule has 0 unspecified atom stereocenters. The summed E-state index contributed by atoms with van der Waals surface area (Å²) in [5.41, 5.74) is -1.13. The summed E-state index contributed by atoms with van der Waals surface area (Å²) in [5.74, 6) is 2.87. The highest BCUT2D eigenvalue weighted by Gasteiger charge is 2.71. The molecule has 0 radical (unpaired) electrons. The van der Waals surface area contributed by atoms with Crippen LogP contribution in [0.5, 0.6) is 0 Å². The quantitative estimate of drug-likeness (QED) is 0.676. The largest absolute Gasteiger partial charge is 0.393 e. The van der Waals surface area contributed by atoms with Gasteiger partial charge in [-0.15, -0.1) is 0 Å². The van der Waals surface area contributed by atoms with Crippen molar-refractivity contribution < 1.29 is 15.0 Å². The lowest BCUT2D eigenvalue weighted by molar-refractivity contribution is -0.169. The fourth-order valence-corrected chi connectivity index (χ4v) is 7.28. The highest BCUT2D eigenvalue weighted by atomic mass is 16.3. The maximum absolute atomic E-state index is 12.7. The van der Waals surface area contributed by atoms with Gasteiger partial charge in [0.1, 0.15) is 5.78 Å². The van der Waals surface area contributed by atoms with Crippen LogP contribution in [0.2, 0.25) is 0 Å². The van der Waals surface area contributed by atoms with E-state index in [2.05, 4.69) is 19.9 Å². The molecule has 0 aromatic heterocycles. The van der Waals surface area contributed by atoms with Crippen LogP contribution in [0, 0.1) is 40.4 Å². The third-order valence-corrected chi connectivity index (χ3v) is 8.74. The molecule has 2 N–H and O–H groups in total. The zero-order chi connectivity index (χ0) is 16.2. The van der Waals surface area contributed by atoms with E-state index < -0.39 is 5.60 Å². The van der Waals surface area contributed by atoms with Gasteiger partial charge >= 0.3 is 0 Å². The third-order valence-electron chi connectivity index (χ3n) is 8.74. The van der Waals surface area contributed by atoms with Gasteiger partial charge in [-0.3, -0.25) is 4.79 Å². The standard InChI is InChI=1S/C20H28O3/c1-18-6-5-15-12(16(18)13-9-14(13)17(18)22)4-8-20(23)10-11(21)3-7-19(15,20)2/h4,8,11-16,21,23H,3,5-7,9-10H2,1-2H3/t11-,12-,13-,14+,15+,16-,18+,19-,20+/m1/s1. The zero-order valence-corrected chi connectivity index (χ0v) is 14.2. The molecule has 0 bridgehead atoms. The molecule has 3 heteroatoms. The Labute approximate surface area is 138 Å². The number of carbonyl (C=O) groups is 1. The fourth-order valence-electron chi connectivity index (χ4n) is 7.28. The van der Waals surface area contributed by atoms with E-state index in [1.807, 2.05) is 6.08 Å². The second kappa shape index (κ2) is 4.11. The van der Waals surface area contributed by atoms with Crippen LogP contribution in [0.3, 0.4) is 0 Å². The highest BCUT2D eigenvalue weighted by Crippen LogP contribution is 2.71. The van der Waals surface area contributed by atoms with Crippen molar-refractivity contribution in [2.75, 3.05) is 0 Å². The van der Waals surface area contributed by atoms with E-state index in [0.717, 1.165) is 32.1 Å². The molecule has 0 aromatic carbocycles. The van der Waals surface area contributed by atoms with Crippen LogP contribution >= 0.6 is 0 Å². The van der Waals surface area contributed by atoms with E-state index >= 15 is 0 Å². The molecule has 0 aromatic rings. The van der Waals surface area contributed by atoms with Crippen LogP contribution in [0.15, 0.2) is 12.2 Å². The molecule has 5 rings (SSSR count). The van der Waals surface area contributed by atoms with E-state index in [4.69, 9.17) is 0 Å². The first kappa shape index (κ1) is 14.7. The molecule has 0 amide bonds. The maximum Gasteiger partial charge on any atom is 0.142 e. The molecular weight excluding hydrogens is 288 g/mol. The van der Waals surface area contributed by atoms with Gasteiger partial charge in [-0.25, -0.2) is 0 Å². The van der Waals surface area contributed by atoms with Gasteiger partial charge < -0.3 is 10.2 Å². The molecule has 4 saturated carbocycles. The van der Waals surface area contributed by atoms with Crippen LogP contribution in [-0.4, -0.2) is 27.7 Å². The van der Waals surface area contributed by atoms with Crippen molar-refractivity contribution >= 4 is 5.78 Å². The lowest BCUT2D eigenvalue weighted by Crippen LogP contribution is -2.61. The number of hydrogen-bond acceptors (Lipinski definition) is 3. The third kappa shape index (κ3) is 1.57. The first-order valence-electron chi connectivity index (χ1n) is 9.44. The number of aliphatic hydroxyl groups excluding tert-OH is 1. The Morgan fingerprint density at radius 3 is 2.78 bits per heavy atom. The first-order valence-corrected chi connectivity index (χ1v) is 9.44. The molecule has 3 nitrogen and oxygen atoms in total. The molecule has 4 fully saturated rings. The summed E-state index contributed by atoms with van der Waals surface area (Å²) in [6, 6.07) is 0.